The molecule has 1 aliphatic rings. The molecule has 0 saturated heterocycles. The van der Waals surface area contributed by atoms with Gasteiger partial charge in [0.15, 0.2) is 17.5 Å². The Morgan fingerprint density at radius 2 is 1.00 bits per heavy atom. The van der Waals surface area contributed by atoms with E-state index < -0.39 is 8.07 Å². The SMILES string of the molecule is C[Si]1(C)c2ccccc2-c2ccc3c(-c4nc(-c5ccccc5)nc(-c5cc6ccccc6c6ccccc56)n4)cc4c(c5ccccc5n4-c4ccccc4)c3c21. The molecule has 1 aliphatic heterocycles. The molecule has 0 amide bonds. The number of aromatic nitrogens is 4. The van der Waals surface area contributed by atoms with Crippen LogP contribution in [0, 0.1) is 0 Å². The highest BCUT2D eigenvalue weighted by atomic mass is 28.3. The first-order chi connectivity index (χ1) is 28.5. The summed E-state index contributed by atoms with van der Waals surface area (Å²) in [6.07, 6.45) is 0. The molecule has 0 bridgehead atoms. The maximum absolute atomic E-state index is 5.52. The number of hydrogen-bond acceptors (Lipinski definition) is 3. The van der Waals surface area contributed by atoms with Gasteiger partial charge in [-0.15, -0.1) is 0 Å². The zero-order chi connectivity index (χ0) is 38.5. The van der Waals surface area contributed by atoms with Crippen molar-refractivity contribution < 1.29 is 0 Å². The van der Waals surface area contributed by atoms with Gasteiger partial charge in [0.05, 0.1) is 11.0 Å². The van der Waals surface area contributed by atoms with Crippen molar-refractivity contribution in [1.29, 1.82) is 0 Å². The van der Waals surface area contributed by atoms with Crippen LogP contribution in [0.1, 0.15) is 0 Å². The molecule has 2 aromatic heterocycles. The topological polar surface area (TPSA) is 43.6 Å². The first-order valence-corrected chi connectivity index (χ1v) is 23.0. The lowest BCUT2D eigenvalue weighted by molar-refractivity contribution is 1.08. The molecule has 0 saturated carbocycles. The van der Waals surface area contributed by atoms with E-state index in [1.807, 2.05) is 6.07 Å². The van der Waals surface area contributed by atoms with Crippen molar-refractivity contribution in [2.24, 2.45) is 0 Å². The Labute approximate surface area is 336 Å². The number of rotatable bonds is 4. The van der Waals surface area contributed by atoms with Crippen LogP contribution in [0.25, 0.3) is 105 Å². The fourth-order valence-electron chi connectivity index (χ4n) is 9.84. The van der Waals surface area contributed by atoms with Gasteiger partial charge in [0, 0.05) is 33.2 Å². The lowest BCUT2D eigenvalue weighted by Crippen LogP contribution is -2.49. The summed E-state index contributed by atoms with van der Waals surface area (Å²) >= 11 is 0. The third-order valence-electron chi connectivity index (χ3n) is 12.4. The molecule has 3 heterocycles. The van der Waals surface area contributed by atoms with E-state index in [-0.39, 0.29) is 0 Å². The third-order valence-corrected chi connectivity index (χ3v) is 15.9. The molecule has 4 nitrogen and oxygen atoms in total. The second kappa shape index (κ2) is 12.4. The Kier molecular flexibility index (Phi) is 7.05. The van der Waals surface area contributed by atoms with Crippen LogP contribution in [0.15, 0.2) is 182 Å². The molecule has 0 N–H and O–H groups in total. The first-order valence-electron chi connectivity index (χ1n) is 20.0. The highest BCUT2D eigenvalue weighted by molar-refractivity contribution is 7.05. The minimum Gasteiger partial charge on any atom is -0.309 e. The maximum Gasteiger partial charge on any atom is 0.164 e. The van der Waals surface area contributed by atoms with Crippen LogP contribution in [0.3, 0.4) is 0 Å². The minimum absolute atomic E-state index is 0.651. The predicted octanol–water partition coefficient (Wildman–Crippen LogP) is 12.2. The second-order valence-corrected chi connectivity index (χ2v) is 20.2. The fraction of sp³-hybridized carbons (Fsp3) is 0.0377. The molecule has 12 rings (SSSR count). The largest absolute Gasteiger partial charge is 0.309 e. The molecule has 0 atom stereocenters. The molecule has 0 spiro atoms. The summed E-state index contributed by atoms with van der Waals surface area (Å²) in [5, 5.41) is 12.6. The van der Waals surface area contributed by atoms with Crippen molar-refractivity contribution in [3.8, 4) is 51.0 Å². The van der Waals surface area contributed by atoms with Gasteiger partial charge in [0.2, 0.25) is 0 Å². The third kappa shape index (κ3) is 4.71. The fourth-order valence-corrected chi connectivity index (χ4v) is 13.3. The van der Waals surface area contributed by atoms with Gasteiger partial charge < -0.3 is 4.57 Å². The Morgan fingerprint density at radius 1 is 0.397 bits per heavy atom. The zero-order valence-corrected chi connectivity index (χ0v) is 33.1. The van der Waals surface area contributed by atoms with Crippen LogP contribution >= 0.6 is 0 Å². The van der Waals surface area contributed by atoms with E-state index in [0.717, 1.165) is 44.1 Å². The smallest absolute Gasteiger partial charge is 0.164 e. The number of hydrogen-bond donors (Lipinski definition) is 0. The van der Waals surface area contributed by atoms with Crippen LogP contribution in [0.4, 0.5) is 0 Å². The normalized spacial score (nSPS) is 13.1. The van der Waals surface area contributed by atoms with E-state index >= 15 is 0 Å². The Balaban J connectivity index is 1.25. The Hall–Kier alpha value is -7.21. The van der Waals surface area contributed by atoms with Crippen molar-refractivity contribution >= 4 is 72.6 Å². The molecule has 11 aromatic rings. The van der Waals surface area contributed by atoms with E-state index in [4.69, 9.17) is 15.0 Å². The van der Waals surface area contributed by atoms with Crippen molar-refractivity contribution in [3.05, 3.63) is 182 Å². The van der Waals surface area contributed by atoms with Crippen molar-refractivity contribution in [1.82, 2.24) is 19.5 Å². The summed E-state index contributed by atoms with van der Waals surface area (Å²) in [7, 11) is -2.19. The number of fused-ring (bicyclic) bond motifs is 12. The highest BCUT2D eigenvalue weighted by Gasteiger charge is 2.40. The summed E-state index contributed by atoms with van der Waals surface area (Å²) < 4.78 is 2.43. The molecule has 0 fully saturated rings. The van der Waals surface area contributed by atoms with Gasteiger partial charge in [-0.05, 0) is 84.1 Å². The molecule has 5 heteroatoms. The zero-order valence-electron chi connectivity index (χ0n) is 32.1. The molecular weight excluding hydrogens is 721 g/mol. The van der Waals surface area contributed by atoms with Gasteiger partial charge in [-0.25, -0.2) is 15.0 Å². The van der Waals surface area contributed by atoms with E-state index in [1.165, 1.54) is 53.9 Å². The lowest BCUT2D eigenvalue weighted by atomic mass is 9.94. The van der Waals surface area contributed by atoms with E-state index in [9.17, 15) is 0 Å². The molecule has 9 aromatic carbocycles. The van der Waals surface area contributed by atoms with E-state index in [1.54, 1.807) is 0 Å². The molecule has 0 unspecified atom stereocenters. The molecule has 0 radical (unpaired) electrons. The number of para-hydroxylation sites is 2. The van der Waals surface area contributed by atoms with E-state index in [0.29, 0.717) is 17.5 Å². The minimum atomic E-state index is -2.19. The summed E-state index contributed by atoms with van der Waals surface area (Å²) in [6, 6.07) is 65.5. The lowest BCUT2D eigenvalue weighted by Gasteiger charge is -2.22. The van der Waals surface area contributed by atoms with Gasteiger partial charge in [0.1, 0.15) is 8.07 Å². The highest BCUT2D eigenvalue weighted by Crippen LogP contribution is 2.44. The van der Waals surface area contributed by atoms with Crippen LogP contribution in [0.2, 0.25) is 13.1 Å². The van der Waals surface area contributed by atoms with Gasteiger partial charge in [-0.3, -0.25) is 0 Å². The van der Waals surface area contributed by atoms with Gasteiger partial charge in [-0.2, -0.15) is 0 Å². The Morgan fingerprint density at radius 3 is 1.79 bits per heavy atom. The standard InChI is InChI=1S/C53H36N4Si/c1-58(2)47-28-16-14-25-39(47)41-30-29-40-44(32-46-48(49(40)50(41)58)42-26-13-15-27-45(42)57(46)35-20-7-4-8-21-35)53-55-51(33-17-5-3-6-18-33)54-52(56-53)43-31-34-19-9-10-22-36(34)37-23-11-12-24-38(37)43/h3-32H,1-2H3. The first kappa shape index (κ1) is 33.0. The average molecular weight is 757 g/mol. The van der Waals surface area contributed by atoms with Gasteiger partial charge in [-0.1, -0.05) is 165 Å². The molecule has 0 aliphatic carbocycles. The number of benzene rings is 9. The van der Waals surface area contributed by atoms with Gasteiger partial charge in [0.25, 0.3) is 0 Å². The average Bonchev–Trinajstić information content (AvgIpc) is 3.74. The van der Waals surface area contributed by atoms with Crippen molar-refractivity contribution in [2.45, 2.75) is 13.1 Å². The Bertz CT molecular complexity index is 3480. The van der Waals surface area contributed by atoms with E-state index in [2.05, 4.69) is 194 Å². The number of nitrogens with zero attached hydrogens (tertiary/aromatic N) is 4. The van der Waals surface area contributed by atoms with Crippen LogP contribution < -0.4 is 10.4 Å². The van der Waals surface area contributed by atoms with Crippen LogP contribution in [-0.2, 0) is 0 Å². The summed E-state index contributed by atoms with van der Waals surface area (Å²) in [4.78, 5) is 16.2. The van der Waals surface area contributed by atoms with Crippen LogP contribution in [0.5, 0.6) is 0 Å². The quantitative estimate of drug-likeness (QED) is 0.133. The van der Waals surface area contributed by atoms with Gasteiger partial charge >= 0.3 is 0 Å². The molecular formula is C53H36N4Si. The van der Waals surface area contributed by atoms with Crippen molar-refractivity contribution in [3.63, 3.8) is 0 Å². The predicted molar refractivity (Wildman–Crippen MR) is 245 cm³/mol. The van der Waals surface area contributed by atoms with Crippen molar-refractivity contribution in [2.75, 3.05) is 0 Å². The maximum atomic E-state index is 5.52. The summed E-state index contributed by atoms with van der Waals surface area (Å²) in [5.74, 6) is 1.97. The molecule has 58 heavy (non-hydrogen) atoms. The molecule has 272 valence electrons. The van der Waals surface area contributed by atoms with Crippen LogP contribution in [-0.4, -0.2) is 27.6 Å². The summed E-state index contributed by atoms with van der Waals surface area (Å²) in [6.45, 7) is 5.04. The monoisotopic (exact) mass is 756 g/mol. The summed E-state index contributed by atoms with van der Waals surface area (Å²) in [5.41, 5.74) is 9.08. The second-order valence-electron chi connectivity index (χ2n) is 16.0.